The summed E-state index contributed by atoms with van der Waals surface area (Å²) in [6, 6.07) is 4.81. The summed E-state index contributed by atoms with van der Waals surface area (Å²) in [7, 11) is 1.56. The van der Waals surface area contributed by atoms with Crippen molar-refractivity contribution in [3.8, 4) is 11.5 Å². The van der Waals surface area contributed by atoms with Gasteiger partial charge in [-0.2, -0.15) is 0 Å². The van der Waals surface area contributed by atoms with Crippen molar-refractivity contribution in [3.63, 3.8) is 0 Å². The van der Waals surface area contributed by atoms with Crippen LogP contribution in [0, 0.1) is 0 Å². The molecule has 112 valence electrons. The topological polar surface area (TPSA) is 76.7 Å². The molecule has 0 bridgehead atoms. The van der Waals surface area contributed by atoms with Gasteiger partial charge in [-0.3, -0.25) is 10.1 Å². The molecule has 6 heteroatoms. The fourth-order valence-electron chi connectivity index (χ4n) is 1.82. The minimum Gasteiger partial charge on any atom is -0.493 e. The van der Waals surface area contributed by atoms with Gasteiger partial charge < -0.3 is 14.8 Å². The van der Waals surface area contributed by atoms with E-state index in [2.05, 4.69) is 10.6 Å². The largest absolute Gasteiger partial charge is 0.493 e. The molecule has 0 saturated carbocycles. The number of amides is 3. The number of imide groups is 1. The normalized spacial score (nSPS) is 17.4. The molecule has 1 fully saturated rings. The van der Waals surface area contributed by atoms with E-state index in [0.717, 1.165) is 12.0 Å². The number of nitrogens with one attached hydrogen (secondary N) is 2. The average molecular weight is 290 g/mol. The third-order valence-electron chi connectivity index (χ3n) is 3.12. The van der Waals surface area contributed by atoms with E-state index in [1.54, 1.807) is 31.4 Å². The van der Waals surface area contributed by atoms with Crippen LogP contribution in [-0.4, -0.2) is 25.2 Å². The molecule has 1 atom stereocenters. The lowest BCUT2D eigenvalue weighted by molar-refractivity contribution is -0.115. The zero-order chi connectivity index (χ0) is 15.4. The molecule has 0 aliphatic carbocycles. The highest BCUT2D eigenvalue weighted by Gasteiger charge is 2.22. The SMILES string of the molecule is CCC(C)Oc1ccc(/C=C2\NC(=O)NC2=O)cc1OC. The van der Waals surface area contributed by atoms with Gasteiger partial charge in [-0.25, -0.2) is 4.79 Å². The van der Waals surface area contributed by atoms with Gasteiger partial charge in [0.1, 0.15) is 5.70 Å². The highest BCUT2D eigenvalue weighted by atomic mass is 16.5. The standard InChI is InChI=1S/C15H18N2O4/c1-4-9(2)21-12-6-5-10(8-13(12)20-3)7-11-14(18)17-15(19)16-11/h5-9H,4H2,1-3H3,(H2,16,17,18,19)/b11-7-. The van der Waals surface area contributed by atoms with Crippen LogP contribution in [0.15, 0.2) is 23.9 Å². The fourth-order valence-corrected chi connectivity index (χ4v) is 1.82. The molecule has 0 aromatic heterocycles. The lowest BCUT2D eigenvalue weighted by atomic mass is 10.1. The van der Waals surface area contributed by atoms with Crippen molar-refractivity contribution in [1.82, 2.24) is 10.6 Å². The number of carbonyl (C=O) groups is 2. The summed E-state index contributed by atoms with van der Waals surface area (Å²) >= 11 is 0. The number of benzene rings is 1. The zero-order valence-electron chi connectivity index (χ0n) is 12.2. The van der Waals surface area contributed by atoms with Crippen LogP contribution in [0.1, 0.15) is 25.8 Å². The van der Waals surface area contributed by atoms with Crippen LogP contribution in [0.2, 0.25) is 0 Å². The Labute approximate surface area is 123 Å². The number of carbonyl (C=O) groups excluding carboxylic acids is 2. The first-order valence-corrected chi connectivity index (χ1v) is 6.72. The van der Waals surface area contributed by atoms with E-state index in [-0.39, 0.29) is 11.8 Å². The van der Waals surface area contributed by atoms with Gasteiger partial charge in [-0.05, 0) is 37.1 Å². The lowest BCUT2D eigenvalue weighted by Crippen LogP contribution is -2.22. The summed E-state index contributed by atoms with van der Waals surface area (Å²) in [6.07, 6.45) is 2.56. The van der Waals surface area contributed by atoms with Gasteiger partial charge >= 0.3 is 6.03 Å². The second-order valence-corrected chi connectivity index (χ2v) is 4.71. The van der Waals surface area contributed by atoms with Crippen LogP contribution in [-0.2, 0) is 4.79 Å². The summed E-state index contributed by atoms with van der Waals surface area (Å²) in [6.45, 7) is 4.02. The Hall–Kier alpha value is -2.50. The maximum Gasteiger partial charge on any atom is 0.326 e. The molecule has 6 nitrogen and oxygen atoms in total. The first-order chi connectivity index (χ1) is 10.0. The molecule has 1 aliphatic heterocycles. The fraction of sp³-hybridized carbons (Fsp3) is 0.333. The molecule has 1 saturated heterocycles. The molecule has 0 radical (unpaired) electrons. The van der Waals surface area contributed by atoms with E-state index in [1.165, 1.54) is 0 Å². The van der Waals surface area contributed by atoms with Crippen molar-refractivity contribution in [2.75, 3.05) is 7.11 Å². The highest BCUT2D eigenvalue weighted by molar-refractivity contribution is 6.13. The van der Waals surface area contributed by atoms with Crippen molar-refractivity contribution in [2.24, 2.45) is 0 Å². The van der Waals surface area contributed by atoms with Crippen molar-refractivity contribution < 1.29 is 19.1 Å². The minimum absolute atomic E-state index is 0.0861. The van der Waals surface area contributed by atoms with Gasteiger partial charge in [-0.15, -0.1) is 0 Å². The van der Waals surface area contributed by atoms with Gasteiger partial charge in [-0.1, -0.05) is 13.0 Å². The van der Waals surface area contributed by atoms with Gasteiger partial charge in [0.2, 0.25) is 0 Å². The van der Waals surface area contributed by atoms with Crippen LogP contribution in [0.25, 0.3) is 6.08 Å². The third-order valence-corrected chi connectivity index (χ3v) is 3.12. The van der Waals surface area contributed by atoms with E-state index >= 15 is 0 Å². The predicted octanol–water partition coefficient (Wildman–Crippen LogP) is 2.05. The molecule has 2 N–H and O–H groups in total. The quantitative estimate of drug-likeness (QED) is 0.643. The summed E-state index contributed by atoms with van der Waals surface area (Å²) in [4.78, 5) is 22.5. The van der Waals surface area contributed by atoms with Crippen LogP contribution in [0.5, 0.6) is 11.5 Å². The molecule has 1 aromatic rings. The monoisotopic (exact) mass is 290 g/mol. The van der Waals surface area contributed by atoms with Gasteiger partial charge in [0.25, 0.3) is 5.91 Å². The molecule has 1 aliphatic rings. The average Bonchev–Trinajstić information content (AvgIpc) is 2.78. The van der Waals surface area contributed by atoms with E-state index < -0.39 is 11.9 Å². The van der Waals surface area contributed by atoms with Gasteiger partial charge in [0.15, 0.2) is 11.5 Å². The first-order valence-electron chi connectivity index (χ1n) is 6.72. The molecule has 0 spiro atoms. The predicted molar refractivity (Wildman–Crippen MR) is 78.0 cm³/mol. The summed E-state index contributed by atoms with van der Waals surface area (Å²) in [5.74, 6) is 0.780. The summed E-state index contributed by atoms with van der Waals surface area (Å²) in [5.41, 5.74) is 0.938. The number of hydrogen-bond acceptors (Lipinski definition) is 4. The summed E-state index contributed by atoms with van der Waals surface area (Å²) < 4.78 is 11.1. The number of urea groups is 1. The molecular weight excluding hydrogens is 272 g/mol. The number of rotatable bonds is 5. The van der Waals surface area contributed by atoms with Crippen molar-refractivity contribution in [3.05, 3.63) is 29.5 Å². The third kappa shape index (κ3) is 3.53. The lowest BCUT2D eigenvalue weighted by Gasteiger charge is -2.15. The Morgan fingerprint density at radius 3 is 2.57 bits per heavy atom. The number of hydrogen-bond donors (Lipinski definition) is 2. The number of methoxy groups -OCH3 is 1. The second kappa shape index (κ2) is 6.30. The van der Waals surface area contributed by atoms with E-state index in [0.29, 0.717) is 11.5 Å². The van der Waals surface area contributed by atoms with Crippen molar-refractivity contribution in [1.29, 1.82) is 0 Å². The van der Waals surface area contributed by atoms with Crippen LogP contribution >= 0.6 is 0 Å². The maximum atomic E-state index is 11.5. The molecule has 1 unspecified atom stereocenters. The first kappa shape index (κ1) is 14.9. The van der Waals surface area contributed by atoms with Crippen LogP contribution in [0.3, 0.4) is 0 Å². The molecule has 1 heterocycles. The van der Waals surface area contributed by atoms with Crippen LogP contribution < -0.4 is 20.1 Å². The van der Waals surface area contributed by atoms with E-state index in [1.807, 2.05) is 13.8 Å². The molecule has 1 aromatic carbocycles. The van der Waals surface area contributed by atoms with Gasteiger partial charge in [0, 0.05) is 0 Å². The van der Waals surface area contributed by atoms with E-state index in [4.69, 9.17) is 9.47 Å². The Morgan fingerprint density at radius 1 is 1.24 bits per heavy atom. The Balaban J connectivity index is 2.25. The Morgan fingerprint density at radius 2 is 2.00 bits per heavy atom. The van der Waals surface area contributed by atoms with Crippen molar-refractivity contribution >= 4 is 18.0 Å². The highest BCUT2D eigenvalue weighted by Crippen LogP contribution is 2.30. The smallest absolute Gasteiger partial charge is 0.326 e. The zero-order valence-corrected chi connectivity index (χ0v) is 12.2. The second-order valence-electron chi connectivity index (χ2n) is 4.71. The van der Waals surface area contributed by atoms with Crippen LogP contribution in [0.4, 0.5) is 4.79 Å². The molecule has 21 heavy (non-hydrogen) atoms. The van der Waals surface area contributed by atoms with Gasteiger partial charge in [0.05, 0.1) is 13.2 Å². The Bertz CT molecular complexity index is 595. The molecule has 3 amide bonds. The molecule has 2 rings (SSSR count). The van der Waals surface area contributed by atoms with E-state index in [9.17, 15) is 9.59 Å². The Kier molecular flexibility index (Phi) is 4.47. The van der Waals surface area contributed by atoms with Crippen molar-refractivity contribution in [2.45, 2.75) is 26.4 Å². The maximum absolute atomic E-state index is 11.5. The number of ether oxygens (including phenoxy) is 2. The minimum atomic E-state index is -0.519. The summed E-state index contributed by atoms with van der Waals surface area (Å²) in [5, 5.41) is 4.58. The molecular formula is C15H18N2O4.